The number of carbonyl (C=O) groups is 2. The van der Waals surface area contributed by atoms with E-state index < -0.39 is 144 Å². The SMILES string of the molecule is COC1CC(OC2C(O)CC(OC3C(O)CC(OC4C(O)CC(OC5CCC6(C)C(=CCC7(O)C6CC(OC(=O)C=Cc6ccccc6)C6(C)C(C(C)=O)CCC76O)C5)OC4C)OC3C)OC2C)OC(C)C1O. The first-order chi connectivity index (χ1) is 34.6. The number of rotatable bonds is 13. The van der Waals surface area contributed by atoms with Crippen LogP contribution in [0.15, 0.2) is 48.1 Å². The topological polar surface area (TPSA) is 248 Å². The average molecular weight is 1030 g/mol. The zero-order valence-electron chi connectivity index (χ0n) is 43.5. The van der Waals surface area contributed by atoms with Gasteiger partial charge in [-0.15, -0.1) is 0 Å². The van der Waals surface area contributed by atoms with Crippen LogP contribution in [-0.2, 0) is 57.0 Å². The van der Waals surface area contributed by atoms with Crippen molar-refractivity contribution in [3.05, 3.63) is 53.6 Å². The monoisotopic (exact) mass is 1030 g/mol. The minimum absolute atomic E-state index is 0.0413. The van der Waals surface area contributed by atoms with Crippen molar-refractivity contribution in [1.29, 1.82) is 0 Å². The Hall–Kier alpha value is -2.76. The third-order valence-corrected chi connectivity index (χ3v) is 18.5. The van der Waals surface area contributed by atoms with Crippen molar-refractivity contribution in [2.75, 3.05) is 7.11 Å². The normalized spacial score (nSPS) is 49.0. The number of Topliss-reactive ketones (excluding diaryl/α,β-unsaturated/α-hetero) is 1. The molecule has 408 valence electrons. The lowest BCUT2D eigenvalue weighted by molar-refractivity contribution is -0.344. The van der Waals surface area contributed by atoms with Crippen LogP contribution in [0.1, 0.15) is 125 Å². The van der Waals surface area contributed by atoms with E-state index in [0.717, 1.165) is 11.1 Å². The van der Waals surface area contributed by atoms with Crippen LogP contribution in [0.3, 0.4) is 0 Å². The lowest BCUT2D eigenvalue weighted by Crippen LogP contribution is -2.75. The molecule has 4 aliphatic carbocycles. The molecule has 7 fully saturated rings. The van der Waals surface area contributed by atoms with Crippen molar-refractivity contribution in [2.24, 2.45) is 22.7 Å². The van der Waals surface area contributed by atoms with E-state index in [1.54, 1.807) is 33.8 Å². The second kappa shape index (κ2) is 21.6. The Labute approximate surface area is 428 Å². The summed E-state index contributed by atoms with van der Waals surface area (Å²) in [5.74, 6) is -1.78. The van der Waals surface area contributed by atoms with Crippen LogP contribution in [0, 0.1) is 22.7 Å². The summed E-state index contributed by atoms with van der Waals surface area (Å²) < 4.78 is 61.4. The van der Waals surface area contributed by atoms with Crippen LogP contribution in [0.2, 0.25) is 0 Å². The molecule has 24 unspecified atom stereocenters. The van der Waals surface area contributed by atoms with Gasteiger partial charge in [0.05, 0.1) is 54.9 Å². The Balaban J connectivity index is 0.779. The van der Waals surface area contributed by atoms with Gasteiger partial charge in [0.15, 0.2) is 25.2 Å². The number of benzene rings is 1. The number of ether oxygens (including phenoxy) is 10. The second-order valence-electron chi connectivity index (χ2n) is 22.9. The van der Waals surface area contributed by atoms with Gasteiger partial charge in [0.1, 0.15) is 47.5 Å². The standard InChI is InChI=1S/C55H80O18/c1-28(56)36-18-21-55(63)53(36,7)42(70-43(60)15-14-33-12-10-9-11-13-33)27-41-52(6)19-17-35(22-34(52)16-20-54(41,55)62)69-44-23-37(57)49(30(3)66-44)71-45-24-38(58)50(31(4)67-45)72-46-25-39(59)51(32(5)68-46)73-47-26-40(64-8)48(61)29(2)65-47/h9-16,29-32,35-42,44-51,57-59,61-63H,17-27H2,1-8H3. The van der Waals surface area contributed by atoms with Crippen molar-refractivity contribution in [2.45, 2.75) is 241 Å². The summed E-state index contributed by atoms with van der Waals surface area (Å²) >= 11 is 0. The van der Waals surface area contributed by atoms with Gasteiger partial charge in [-0.1, -0.05) is 55.8 Å². The molecule has 0 spiro atoms. The summed E-state index contributed by atoms with van der Waals surface area (Å²) in [6, 6.07) is 9.40. The summed E-state index contributed by atoms with van der Waals surface area (Å²) in [4.78, 5) is 26.8. The van der Waals surface area contributed by atoms with Gasteiger partial charge in [0.25, 0.3) is 0 Å². The molecule has 18 heteroatoms. The minimum Gasteiger partial charge on any atom is -0.458 e. The maximum absolute atomic E-state index is 13.5. The van der Waals surface area contributed by atoms with E-state index in [2.05, 4.69) is 6.92 Å². The molecule has 1 aromatic carbocycles. The Morgan fingerprint density at radius 2 is 1.23 bits per heavy atom. The first-order valence-corrected chi connectivity index (χ1v) is 26.7. The van der Waals surface area contributed by atoms with E-state index in [0.29, 0.717) is 25.7 Å². The molecule has 0 radical (unpaired) electrons. The van der Waals surface area contributed by atoms with Gasteiger partial charge < -0.3 is 78.0 Å². The first-order valence-electron chi connectivity index (χ1n) is 26.7. The Morgan fingerprint density at radius 1 is 0.699 bits per heavy atom. The highest BCUT2D eigenvalue weighted by Crippen LogP contribution is 2.70. The number of hydrogen-bond acceptors (Lipinski definition) is 18. The zero-order valence-corrected chi connectivity index (χ0v) is 43.5. The molecular weight excluding hydrogens is 949 g/mol. The van der Waals surface area contributed by atoms with Crippen molar-refractivity contribution >= 4 is 17.8 Å². The molecule has 4 saturated heterocycles. The van der Waals surface area contributed by atoms with E-state index >= 15 is 0 Å². The Kier molecular flexibility index (Phi) is 16.3. The number of hydrogen-bond donors (Lipinski definition) is 6. The minimum atomic E-state index is -1.71. The highest BCUT2D eigenvalue weighted by Gasteiger charge is 2.77. The number of esters is 1. The van der Waals surface area contributed by atoms with Gasteiger partial charge in [-0.3, -0.25) is 4.79 Å². The van der Waals surface area contributed by atoms with Crippen LogP contribution < -0.4 is 0 Å². The van der Waals surface area contributed by atoms with Gasteiger partial charge >= 0.3 is 5.97 Å². The molecule has 0 amide bonds. The molecule has 6 N–H and O–H groups in total. The molecule has 4 aliphatic heterocycles. The quantitative estimate of drug-likeness (QED) is 0.0923. The van der Waals surface area contributed by atoms with Crippen LogP contribution in [0.25, 0.3) is 6.08 Å². The molecule has 8 aliphatic rings. The highest BCUT2D eigenvalue weighted by atomic mass is 16.8. The number of methoxy groups -OCH3 is 1. The number of ketones is 1. The number of aliphatic hydroxyl groups excluding tert-OH is 4. The molecule has 0 aromatic heterocycles. The lowest BCUT2D eigenvalue weighted by atomic mass is 9.43. The molecule has 1 aromatic rings. The van der Waals surface area contributed by atoms with E-state index in [-0.39, 0.29) is 56.8 Å². The predicted octanol–water partition coefficient (Wildman–Crippen LogP) is 4.16. The van der Waals surface area contributed by atoms with Gasteiger partial charge in [-0.25, -0.2) is 4.79 Å². The summed E-state index contributed by atoms with van der Waals surface area (Å²) in [5, 5.41) is 70.1. The van der Waals surface area contributed by atoms with Gasteiger partial charge in [-0.05, 0) is 96.6 Å². The van der Waals surface area contributed by atoms with Crippen LogP contribution in [0.5, 0.6) is 0 Å². The van der Waals surface area contributed by atoms with E-state index in [1.807, 2.05) is 43.3 Å². The first kappa shape index (κ1) is 55.0. The van der Waals surface area contributed by atoms with Crippen molar-refractivity contribution in [3.8, 4) is 0 Å². The van der Waals surface area contributed by atoms with Crippen LogP contribution in [0.4, 0.5) is 0 Å². The average Bonchev–Trinajstić information content (AvgIpc) is 3.64. The van der Waals surface area contributed by atoms with Crippen molar-refractivity contribution in [1.82, 2.24) is 0 Å². The summed E-state index contributed by atoms with van der Waals surface area (Å²) in [5.41, 5.74) is -3.18. The maximum Gasteiger partial charge on any atom is 0.331 e. The van der Waals surface area contributed by atoms with Crippen LogP contribution in [-0.4, -0.2) is 171 Å². The number of carbonyl (C=O) groups excluding carboxylic acids is 2. The van der Waals surface area contributed by atoms with Gasteiger partial charge in [0.2, 0.25) is 0 Å². The second-order valence-corrected chi connectivity index (χ2v) is 22.9. The van der Waals surface area contributed by atoms with Crippen LogP contribution >= 0.6 is 0 Å². The van der Waals surface area contributed by atoms with Gasteiger partial charge in [-0.2, -0.15) is 0 Å². The highest BCUT2D eigenvalue weighted by molar-refractivity contribution is 5.87. The largest absolute Gasteiger partial charge is 0.458 e. The molecule has 4 heterocycles. The van der Waals surface area contributed by atoms with E-state index in [9.17, 15) is 40.2 Å². The molecule has 9 rings (SSSR count). The molecule has 0 bridgehead atoms. The smallest absolute Gasteiger partial charge is 0.331 e. The molecular formula is C55H80O18. The molecule has 24 atom stereocenters. The number of fused-ring (bicyclic) bond motifs is 5. The van der Waals surface area contributed by atoms with Crippen molar-refractivity contribution in [3.63, 3.8) is 0 Å². The fourth-order valence-corrected chi connectivity index (χ4v) is 14.4. The fourth-order valence-electron chi connectivity index (χ4n) is 14.4. The Bertz CT molecular complexity index is 2120. The molecule has 18 nitrogen and oxygen atoms in total. The third-order valence-electron chi connectivity index (χ3n) is 18.5. The maximum atomic E-state index is 13.5. The van der Waals surface area contributed by atoms with E-state index in [1.165, 1.54) is 20.1 Å². The summed E-state index contributed by atoms with van der Waals surface area (Å²) in [7, 11) is 1.52. The Morgan fingerprint density at radius 3 is 1.77 bits per heavy atom. The lowest BCUT2D eigenvalue weighted by Gasteiger charge is -2.66. The fraction of sp³-hybridized carbons (Fsp3) is 0.782. The van der Waals surface area contributed by atoms with E-state index in [4.69, 9.17) is 47.4 Å². The molecule has 3 saturated carbocycles. The summed E-state index contributed by atoms with van der Waals surface area (Å²) in [6.45, 7) is 12.5. The molecule has 73 heavy (non-hydrogen) atoms. The van der Waals surface area contributed by atoms with Crippen molar-refractivity contribution < 1.29 is 87.6 Å². The number of aliphatic hydroxyl groups is 6. The zero-order chi connectivity index (χ0) is 52.4. The third kappa shape index (κ3) is 10.3. The van der Waals surface area contributed by atoms with Gasteiger partial charge in [0, 0.05) is 56.1 Å². The predicted molar refractivity (Wildman–Crippen MR) is 260 cm³/mol. The summed E-state index contributed by atoms with van der Waals surface area (Å²) in [6.07, 6.45) is -4.92.